The summed E-state index contributed by atoms with van der Waals surface area (Å²) in [4.78, 5) is 26.0. The van der Waals surface area contributed by atoms with Gasteiger partial charge in [0.15, 0.2) is 0 Å². The first-order chi connectivity index (χ1) is 15.4. The molecular formula is C26H28N4O2. The fourth-order valence-electron chi connectivity index (χ4n) is 4.28. The molecule has 0 aliphatic rings. The Bertz CT molecular complexity index is 1350. The third kappa shape index (κ3) is 3.84. The van der Waals surface area contributed by atoms with Crippen LogP contribution >= 0.6 is 0 Å². The fourth-order valence-corrected chi connectivity index (χ4v) is 4.28. The highest BCUT2D eigenvalue weighted by Gasteiger charge is 2.21. The minimum atomic E-state index is -0.0991. The topological polar surface area (TPSA) is 68.9 Å². The van der Waals surface area contributed by atoms with Crippen molar-refractivity contribution in [2.75, 3.05) is 5.32 Å². The number of anilines is 1. The van der Waals surface area contributed by atoms with E-state index < -0.39 is 0 Å². The molecule has 0 atom stereocenters. The zero-order valence-corrected chi connectivity index (χ0v) is 19.0. The lowest BCUT2D eigenvalue weighted by Gasteiger charge is -2.14. The summed E-state index contributed by atoms with van der Waals surface area (Å²) >= 11 is 0. The quantitative estimate of drug-likeness (QED) is 0.484. The van der Waals surface area contributed by atoms with E-state index in [-0.39, 0.29) is 17.9 Å². The maximum atomic E-state index is 13.4. The molecule has 0 unspecified atom stereocenters. The lowest BCUT2D eigenvalue weighted by atomic mass is 10.0. The molecule has 1 amide bonds. The number of hydrogen-bond acceptors (Lipinski definition) is 3. The van der Waals surface area contributed by atoms with Crippen LogP contribution in [0.2, 0.25) is 0 Å². The molecule has 2 heterocycles. The second-order valence-electron chi connectivity index (χ2n) is 8.05. The molecule has 0 fully saturated rings. The molecule has 4 aromatic rings. The molecular weight excluding hydrogens is 400 g/mol. The molecule has 0 aliphatic heterocycles. The molecule has 6 heteroatoms. The minimum Gasteiger partial charge on any atom is -0.326 e. The van der Waals surface area contributed by atoms with E-state index in [0.29, 0.717) is 18.5 Å². The average Bonchev–Trinajstić information content (AvgIpc) is 3.13. The first-order valence-electron chi connectivity index (χ1n) is 10.9. The van der Waals surface area contributed by atoms with Gasteiger partial charge >= 0.3 is 0 Å². The third-order valence-corrected chi connectivity index (χ3v) is 5.96. The molecule has 1 N–H and O–H groups in total. The number of nitrogens with one attached hydrogen (secondary N) is 1. The Morgan fingerprint density at radius 3 is 2.38 bits per heavy atom. The van der Waals surface area contributed by atoms with Gasteiger partial charge in [-0.05, 0) is 63.4 Å². The Balaban J connectivity index is 1.72. The molecule has 2 aromatic heterocycles. The molecule has 0 saturated heterocycles. The van der Waals surface area contributed by atoms with Crippen molar-refractivity contribution in [3.05, 3.63) is 87.3 Å². The SMILES string of the molecule is CCn1c(=O)c(CCC(=O)Nc2ccccc2C)c(C)c2c(C)nn(-c3ccccc3)c21. The summed E-state index contributed by atoms with van der Waals surface area (Å²) in [5.74, 6) is -0.0991. The number of hydrogen-bond donors (Lipinski definition) is 1. The smallest absolute Gasteiger partial charge is 0.255 e. The van der Waals surface area contributed by atoms with Crippen LogP contribution in [0.25, 0.3) is 16.7 Å². The van der Waals surface area contributed by atoms with Gasteiger partial charge in [0.05, 0.1) is 11.4 Å². The van der Waals surface area contributed by atoms with Gasteiger partial charge in [-0.15, -0.1) is 0 Å². The number of para-hydroxylation sites is 2. The molecule has 0 aliphatic carbocycles. The van der Waals surface area contributed by atoms with E-state index >= 15 is 0 Å². The Hall–Kier alpha value is -3.67. The fraction of sp³-hybridized carbons (Fsp3) is 0.269. The zero-order chi connectivity index (χ0) is 22.8. The highest BCUT2D eigenvalue weighted by Crippen LogP contribution is 2.26. The van der Waals surface area contributed by atoms with Gasteiger partial charge in [0.2, 0.25) is 5.91 Å². The monoisotopic (exact) mass is 428 g/mol. The zero-order valence-electron chi connectivity index (χ0n) is 19.0. The van der Waals surface area contributed by atoms with Crippen LogP contribution in [0.3, 0.4) is 0 Å². The van der Waals surface area contributed by atoms with Crippen molar-refractivity contribution < 1.29 is 4.79 Å². The van der Waals surface area contributed by atoms with Crippen LogP contribution in [0.5, 0.6) is 0 Å². The third-order valence-electron chi connectivity index (χ3n) is 5.96. The molecule has 6 nitrogen and oxygen atoms in total. The number of pyridine rings is 1. The number of fused-ring (bicyclic) bond motifs is 1. The second-order valence-corrected chi connectivity index (χ2v) is 8.05. The molecule has 164 valence electrons. The van der Waals surface area contributed by atoms with Gasteiger partial charge in [0.1, 0.15) is 5.65 Å². The number of rotatable bonds is 6. The largest absolute Gasteiger partial charge is 0.326 e. The molecule has 0 saturated carbocycles. The van der Waals surface area contributed by atoms with Crippen molar-refractivity contribution in [1.29, 1.82) is 0 Å². The number of nitrogens with zero attached hydrogens (tertiary/aromatic N) is 3. The van der Waals surface area contributed by atoms with Crippen LogP contribution in [0.15, 0.2) is 59.4 Å². The lowest BCUT2D eigenvalue weighted by molar-refractivity contribution is -0.116. The van der Waals surface area contributed by atoms with Crippen LogP contribution in [-0.2, 0) is 17.8 Å². The van der Waals surface area contributed by atoms with E-state index in [1.165, 1.54) is 0 Å². The summed E-state index contributed by atoms with van der Waals surface area (Å²) in [5, 5.41) is 8.68. The number of carbonyl (C=O) groups excluding carboxylic acids is 1. The van der Waals surface area contributed by atoms with Gasteiger partial charge in [-0.1, -0.05) is 36.4 Å². The van der Waals surface area contributed by atoms with E-state index in [9.17, 15) is 9.59 Å². The average molecular weight is 429 g/mol. The predicted octanol–water partition coefficient (Wildman–Crippen LogP) is 4.70. The summed E-state index contributed by atoms with van der Waals surface area (Å²) in [5.41, 5.74) is 5.91. The summed E-state index contributed by atoms with van der Waals surface area (Å²) in [7, 11) is 0. The van der Waals surface area contributed by atoms with Gasteiger partial charge in [-0.2, -0.15) is 5.10 Å². The van der Waals surface area contributed by atoms with Crippen LogP contribution in [0.4, 0.5) is 5.69 Å². The standard InChI is InChI=1S/C26H28N4O2/c1-5-29-25-24(19(4)28-30(25)20-12-7-6-8-13-20)18(3)21(26(29)32)15-16-23(31)27-22-14-10-9-11-17(22)2/h6-14H,5,15-16H2,1-4H3,(H,27,31). The normalized spacial score (nSPS) is 11.1. The van der Waals surface area contributed by atoms with Crippen LogP contribution in [0, 0.1) is 20.8 Å². The van der Waals surface area contributed by atoms with Crippen molar-refractivity contribution in [3.8, 4) is 5.69 Å². The molecule has 2 aromatic carbocycles. The maximum Gasteiger partial charge on any atom is 0.255 e. The predicted molar refractivity (Wildman–Crippen MR) is 129 cm³/mol. The summed E-state index contributed by atoms with van der Waals surface area (Å²) in [6.45, 7) is 8.37. The van der Waals surface area contributed by atoms with Crippen molar-refractivity contribution in [2.45, 2.75) is 47.1 Å². The minimum absolute atomic E-state index is 0.0572. The van der Waals surface area contributed by atoms with Gasteiger partial charge < -0.3 is 5.32 Å². The van der Waals surface area contributed by atoms with Crippen molar-refractivity contribution in [3.63, 3.8) is 0 Å². The Morgan fingerprint density at radius 1 is 1.00 bits per heavy atom. The Kier molecular flexibility index (Phi) is 5.95. The summed E-state index contributed by atoms with van der Waals surface area (Å²) in [6, 6.07) is 17.5. The number of benzene rings is 2. The molecule has 0 bridgehead atoms. The summed E-state index contributed by atoms with van der Waals surface area (Å²) in [6.07, 6.45) is 0.625. The maximum absolute atomic E-state index is 13.4. The molecule has 0 spiro atoms. The van der Waals surface area contributed by atoms with Crippen LogP contribution in [-0.4, -0.2) is 20.3 Å². The van der Waals surface area contributed by atoms with Crippen molar-refractivity contribution in [1.82, 2.24) is 14.3 Å². The van der Waals surface area contributed by atoms with E-state index in [2.05, 4.69) is 5.32 Å². The molecule has 4 rings (SSSR count). The molecule has 0 radical (unpaired) electrons. The van der Waals surface area contributed by atoms with E-state index in [0.717, 1.165) is 39.2 Å². The van der Waals surface area contributed by atoms with Crippen molar-refractivity contribution in [2.24, 2.45) is 0 Å². The van der Waals surface area contributed by atoms with Crippen LogP contribution < -0.4 is 10.9 Å². The van der Waals surface area contributed by atoms with E-state index in [4.69, 9.17) is 5.10 Å². The first kappa shape index (κ1) is 21.6. The van der Waals surface area contributed by atoms with Crippen molar-refractivity contribution >= 4 is 22.6 Å². The Labute approximate surface area is 187 Å². The van der Waals surface area contributed by atoms with Gasteiger partial charge in [0.25, 0.3) is 5.56 Å². The van der Waals surface area contributed by atoms with Gasteiger partial charge in [-0.3, -0.25) is 14.2 Å². The highest BCUT2D eigenvalue weighted by molar-refractivity contribution is 5.92. The van der Waals surface area contributed by atoms with Gasteiger partial charge in [0, 0.05) is 29.6 Å². The second kappa shape index (κ2) is 8.83. The van der Waals surface area contributed by atoms with Gasteiger partial charge in [-0.25, -0.2) is 4.68 Å². The lowest BCUT2D eigenvalue weighted by Crippen LogP contribution is -2.27. The number of aromatic nitrogens is 3. The number of aryl methyl sites for hydroxylation is 4. The van der Waals surface area contributed by atoms with Crippen LogP contribution in [0.1, 0.15) is 35.7 Å². The molecule has 32 heavy (non-hydrogen) atoms. The van der Waals surface area contributed by atoms with E-state index in [1.54, 1.807) is 4.57 Å². The Morgan fingerprint density at radius 2 is 1.69 bits per heavy atom. The summed E-state index contributed by atoms with van der Waals surface area (Å²) < 4.78 is 3.61. The number of amides is 1. The van der Waals surface area contributed by atoms with E-state index in [1.807, 2.05) is 87.0 Å². The first-order valence-corrected chi connectivity index (χ1v) is 10.9. The highest BCUT2D eigenvalue weighted by atomic mass is 16.1. The number of carbonyl (C=O) groups is 1.